The normalized spacial score (nSPS) is 12.2. The first-order chi connectivity index (χ1) is 19.4. The number of ether oxygens (including phenoxy) is 2. The molecule has 0 amide bonds. The number of halogens is 1. The Morgan fingerprint density at radius 3 is 1.73 bits per heavy atom. The molecule has 0 aliphatic carbocycles. The first-order valence-corrected chi connectivity index (χ1v) is 13.5. The molecular weight excluding hydrogens is 530 g/mol. The van der Waals surface area contributed by atoms with Crippen LogP contribution in [-0.2, 0) is 13.1 Å². The molecule has 0 aliphatic heterocycles. The van der Waals surface area contributed by atoms with Gasteiger partial charge >= 0.3 is 0 Å². The smallest absolute Gasteiger partial charge is 0.209 e. The topological polar surface area (TPSA) is 91.6 Å². The van der Waals surface area contributed by atoms with Crippen molar-refractivity contribution >= 4 is 11.6 Å². The average molecular weight is 562 g/mol. The fourth-order valence-corrected chi connectivity index (χ4v) is 4.85. The van der Waals surface area contributed by atoms with E-state index in [1.807, 2.05) is 73.1 Å². The van der Waals surface area contributed by atoms with Gasteiger partial charge in [0.25, 0.3) is 0 Å². The second-order valence-corrected chi connectivity index (χ2v) is 9.85. The van der Waals surface area contributed by atoms with Crippen molar-refractivity contribution in [2.45, 2.75) is 33.0 Å². The zero-order chi connectivity index (χ0) is 28.1. The van der Waals surface area contributed by atoms with Gasteiger partial charge in [0.05, 0.1) is 51.4 Å². The lowest BCUT2D eigenvalue weighted by Crippen LogP contribution is -2.32. The molecule has 0 saturated heterocycles. The maximum absolute atomic E-state index is 6.46. The Bertz CT molecular complexity index is 1440. The summed E-state index contributed by atoms with van der Waals surface area (Å²) in [6.45, 7) is 5.47. The van der Waals surface area contributed by atoms with Gasteiger partial charge in [0.1, 0.15) is 11.5 Å². The van der Waals surface area contributed by atoms with Crippen molar-refractivity contribution in [3.63, 3.8) is 0 Å². The van der Waals surface area contributed by atoms with Crippen LogP contribution in [0.2, 0.25) is 0 Å². The van der Waals surface area contributed by atoms with Gasteiger partial charge in [-0.15, -0.1) is 11.6 Å². The standard InChI is InChI=1S/C30H32ClN5O4/c1-20-13-21(2)36(34-20)24(14-31)17-35(18-29-32-15-27(39-29)22-5-9-25(37-3)10-6-22)19-30-33-16-28(40-30)23-7-11-26(38-4)12-8-23/h5-13,15-16,24H,14,17-19H2,1-4H3/t24-/m1/s1. The van der Waals surface area contributed by atoms with Crippen molar-refractivity contribution < 1.29 is 18.3 Å². The lowest BCUT2D eigenvalue weighted by molar-refractivity contribution is 0.182. The van der Waals surface area contributed by atoms with Crippen LogP contribution in [0, 0.1) is 13.8 Å². The molecule has 208 valence electrons. The number of hydrogen-bond acceptors (Lipinski definition) is 8. The van der Waals surface area contributed by atoms with Crippen LogP contribution >= 0.6 is 11.6 Å². The fourth-order valence-electron chi connectivity index (χ4n) is 4.62. The third kappa shape index (κ3) is 6.38. The summed E-state index contributed by atoms with van der Waals surface area (Å²) in [5, 5.41) is 4.67. The molecule has 1 atom stereocenters. The van der Waals surface area contributed by atoms with E-state index in [1.165, 1.54) is 0 Å². The molecule has 0 fully saturated rings. The van der Waals surface area contributed by atoms with Crippen LogP contribution in [0.1, 0.15) is 29.2 Å². The van der Waals surface area contributed by atoms with Crippen LogP contribution in [0.5, 0.6) is 11.5 Å². The minimum Gasteiger partial charge on any atom is -0.497 e. The highest BCUT2D eigenvalue weighted by molar-refractivity contribution is 6.18. The fraction of sp³-hybridized carbons (Fsp3) is 0.300. The highest BCUT2D eigenvalue weighted by Crippen LogP contribution is 2.26. The van der Waals surface area contributed by atoms with Crippen molar-refractivity contribution in [1.82, 2.24) is 24.6 Å². The summed E-state index contributed by atoms with van der Waals surface area (Å²) < 4.78 is 24.8. The Morgan fingerprint density at radius 2 is 1.32 bits per heavy atom. The number of oxazole rings is 2. The summed E-state index contributed by atoms with van der Waals surface area (Å²) in [4.78, 5) is 11.3. The molecule has 5 aromatic rings. The zero-order valence-corrected chi connectivity index (χ0v) is 23.8. The van der Waals surface area contributed by atoms with Gasteiger partial charge in [-0.05, 0) is 68.4 Å². The molecule has 40 heavy (non-hydrogen) atoms. The van der Waals surface area contributed by atoms with Gasteiger partial charge < -0.3 is 18.3 Å². The predicted molar refractivity (Wildman–Crippen MR) is 153 cm³/mol. The monoisotopic (exact) mass is 561 g/mol. The Kier molecular flexibility index (Phi) is 8.52. The van der Waals surface area contributed by atoms with Gasteiger partial charge in [-0.25, -0.2) is 9.97 Å². The van der Waals surface area contributed by atoms with Crippen molar-refractivity contribution in [3.8, 4) is 34.1 Å². The number of nitrogens with zero attached hydrogens (tertiary/aromatic N) is 5. The quantitative estimate of drug-likeness (QED) is 0.164. The van der Waals surface area contributed by atoms with Crippen LogP contribution in [0.4, 0.5) is 0 Å². The third-order valence-corrected chi connectivity index (χ3v) is 6.97. The van der Waals surface area contributed by atoms with Gasteiger partial charge in [0.15, 0.2) is 11.5 Å². The maximum atomic E-state index is 6.46. The van der Waals surface area contributed by atoms with Gasteiger partial charge in [-0.3, -0.25) is 9.58 Å². The second-order valence-electron chi connectivity index (χ2n) is 9.54. The van der Waals surface area contributed by atoms with Crippen LogP contribution < -0.4 is 9.47 Å². The highest BCUT2D eigenvalue weighted by atomic mass is 35.5. The van der Waals surface area contributed by atoms with E-state index in [1.54, 1.807) is 26.6 Å². The summed E-state index contributed by atoms with van der Waals surface area (Å²) in [5.41, 5.74) is 3.85. The number of benzene rings is 2. The molecule has 9 nitrogen and oxygen atoms in total. The van der Waals surface area contributed by atoms with Gasteiger partial charge in [0, 0.05) is 29.2 Å². The lowest BCUT2D eigenvalue weighted by atomic mass is 10.2. The van der Waals surface area contributed by atoms with Crippen LogP contribution in [0.3, 0.4) is 0 Å². The summed E-state index contributed by atoms with van der Waals surface area (Å²) in [5.74, 6) is 4.48. The number of rotatable bonds is 12. The van der Waals surface area contributed by atoms with E-state index in [0.29, 0.717) is 48.8 Å². The molecule has 5 rings (SSSR count). The Balaban J connectivity index is 1.37. The first-order valence-electron chi connectivity index (χ1n) is 12.9. The van der Waals surface area contributed by atoms with Crippen LogP contribution in [0.15, 0.2) is 75.8 Å². The molecule has 3 aromatic heterocycles. The van der Waals surface area contributed by atoms with E-state index in [9.17, 15) is 0 Å². The number of aromatic nitrogens is 4. The zero-order valence-electron chi connectivity index (χ0n) is 23.0. The Hall–Kier alpha value is -4.08. The molecule has 0 spiro atoms. The van der Waals surface area contributed by atoms with E-state index in [2.05, 4.69) is 20.0 Å². The molecular formula is C30H32ClN5O4. The molecule has 0 aliphatic rings. The molecule has 2 aromatic carbocycles. The SMILES string of the molecule is COc1ccc(-c2cnc(CN(Cc3ncc(-c4ccc(OC)cc4)o3)C[C@@H](CCl)n3nc(C)cc3C)o2)cc1. The largest absolute Gasteiger partial charge is 0.497 e. The minimum atomic E-state index is -0.0672. The van der Waals surface area contributed by atoms with Crippen molar-refractivity contribution in [1.29, 1.82) is 0 Å². The highest BCUT2D eigenvalue weighted by Gasteiger charge is 2.22. The molecule has 0 unspecified atom stereocenters. The molecule has 0 N–H and O–H groups in total. The maximum Gasteiger partial charge on any atom is 0.209 e. The molecule has 0 bridgehead atoms. The van der Waals surface area contributed by atoms with Gasteiger partial charge in [0.2, 0.25) is 11.8 Å². The average Bonchev–Trinajstić information content (AvgIpc) is 3.72. The summed E-state index contributed by atoms with van der Waals surface area (Å²) in [6.07, 6.45) is 3.48. The lowest BCUT2D eigenvalue weighted by Gasteiger charge is -2.25. The first kappa shape index (κ1) is 27.5. The molecule has 0 saturated carbocycles. The van der Waals surface area contributed by atoms with Crippen molar-refractivity contribution in [3.05, 3.63) is 90.2 Å². The van der Waals surface area contributed by atoms with E-state index in [0.717, 1.165) is 34.0 Å². The van der Waals surface area contributed by atoms with Crippen LogP contribution in [-0.4, -0.2) is 51.3 Å². The summed E-state index contributed by atoms with van der Waals surface area (Å²) in [6, 6.07) is 17.3. The number of alkyl halides is 1. The summed E-state index contributed by atoms with van der Waals surface area (Å²) in [7, 11) is 3.29. The predicted octanol–water partition coefficient (Wildman–Crippen LogP) is 6.31. The number of aryl methyl sites for hydroxylation is 2. The van der Waals surface area contributed by atoms with Crippen molar-refractivity contribution in [2.24, 2.45) is 0 Å². The Morgan fingerprint density at radius 1 is 0.825 bits per heavy atom. The minimum absolute atomic E-state index is 0.0672. The van der Waals surface area contributed by atoms with Gasteiger partial charge in [-0.2, -0.15) is 5.10 Å². The van der Waals surface area contributed by atoms with Crippen molar-refractivity contribution in [2.75, 3.05) is 26.6 Å². The molecule has 10 heteroatoms. The van der Waals surface area contributed by atoms with E-state index >= 15 is 0 Å². The van der Waals surface area contributed by atoms with Crippen LogP contribution in [0.25, 0.3) is 22.6 Å². The second kappa shape index (κ2) is 12.4. The third-order valence-electron chi connectivity index (χ3n) is 6.61. The summed E-state index contributed by atoms with van der Waals surface area (Å²) >= 11 is 6.46. The van der Waals surface area contributed by atoms with E-state index in [4.69, 9.17) is 29.9 Å². The van der Waals surface area contributed by atoms with Gasteiger partial charge in [-0.1, -0.05) is 0 Å². The molecule has 0 radical (unpaired) electrons. The van der Waals surface area contributed by atoms with E-state index < -0.39 is 0 Å². The Labute approximate surface area is 238 Å². The van der Waals surface area contributed by atoms with E-state index in [-0.39, 0.29) is 6.04 Å². The number of hydrogen-bond donors (Lipinski definition) is 0. The molecule has 3 heterocycles. The number of methoxy groups -OCH3 is 2.